The van der Waals surface area contributed by atoms with Crippen LogP contribution in [0.5, 0.6) is 0 Å². The minimum atomic E-state index is -0.166. The number of nitrogens with zero attached hydrogens (tertiary/aromatic N) is 1. The molecule has 0 saturated carbocycles. The average Bonchev–Trinajstić information content (AvgIpc) is 2.87. The molecule has 3 aliphatic rings. The molecule has 0 amide bonds. The SMILES string of the molecule is N#CC1=C(N)SC2=C(C(=O)c3ccccc32)C1C1CC=CCC1. The number of nitrogens with two attached hydrogens (primary N) is 1. The van der Waals surface area contributed by atoms with Gasteiger partial charge in [-0.15, -0.1) is 0 Å². The van der Waals surface area contributed by atoms with Crippen molar-refractivity contribution in [2.24, 2.45) is 17.6 Å². The van der Waals surface area contributed by atoms with Gasteiger partial charge in [0.2, 0.25) is 0 Å². The highest BCUT2D eigenvalue weighted by atomic mass is 32.2. The number of allylic oxidation sites excluding steroid dienone is 4. The zero-order chi connectivity index (χ0) is 16.0. The van der Waals surface area contributed by atoms with Gasteiger partial charge >= 0.3 is 0 Å². The topological polar surface area (TPSA) is 66.9 Å². The van der Waals surface area contributed by atoms with E-state index >= 15 is 0 Å². The largest absolute Gasteiger partial charge is 0.392 e. The Labute approximate surface area is 139 Å². The third-order valence-electron chi connectivity index (χ3n) is 4.91. The third-order valence-corrected chi connectivity index (χ3v) is 5.99. The summed E-state index contributed by atoms with van der Waals surface area (Å²) in [5, 5.41) is 10.2. The van der Waals surface area contributed by atoms with E-state index in [0.29, 0.717) is 10.6 Å². The number of hydrogen-bond acceptors (Lipinski definition) is 4. The monoisotopic (exact) mass is 320 g/mol. The van der Waals surface area contributed by atoms with Crippen LogP contribution in [0.3, 0.4) is 0 Å². The summed E-state index contributed by atoms with van der Waals surface area (Å²) in [4.78, 5) is 14.0. The van der Waals surface area contributed by atoms with Gasteiger partial charge in [-0.25, -0.2) is 0 Å². The van der Waals surface area contributed by atoms with E-state index in [4.69, 9.17) is 5.73 Å². The lowest BCUT2D eigenvalue weighted by Gasteiger charge is -2.32. The first kappa shape index (κ1) is 14.3. The summed E-state index contributed by atoms with van der Waals surface area (Å²) in [5.41, 5.74) is 9.28. The highest BCUT2D eigenvalue weighted by Crippen LogP contribution is 2.53. The van der Waals surface area contributed by atoms with Gasteiger partial charge in [0.05, 0.1) is 16.7 Å². The molecule has 0 fully saturated rings. The van der Waals surface area contributed by atoms with E-state index in [1.54, 1.807) is 0 Å². The molecule has 4 rings (SSSR count). The van der Waals surface area contributed by atoms with Gasteiger partial charge in [-0.3, -0.25) is 4.79 Å². The molecular formula is C19H16N2OS. The molecule has 2 atom stereocenters. The van der Waals surface area contributed by atoms with E-state index in [1.165, 1.54) is 11.8 Å². The highest BCUT2D eigenvalue weighted by Gasteiger charge is 2.43. The maximum absolute atomic E-state index is 13.0. The fourth-order valence-electron chi connectivity index (χ4n) is 3.84. The Morgan fingerprint density at radius 3 is 2.70 bits per heavy atom. The van der Waals surface area contributed by atoms with Crippen molar-refractivity contribution in [2.75, 3.05) is 0 Å². The Morgan fingerprint density at radius 1 is 1.22 bits per heavy atom. The van der Waals surface area contributed by atoms with Crippen LogP contribution >= 0.6 is 11.8 Å². The van der Waals surface area contributed by atoms with Crippen molar-refractivity contribution in [1.82, 2.24) is 0 Å². The predicted molar refractivity (Wildman–Crippen MR) is 92.1 cm³/mol. The minimum Gasteiger partial charge on any atom is -0.392 e. The molecule has 3 nitrogen and oxygen atoms in total. The standard InChI is InChI=1S/C19H16N2OS/c20-10-14-15(11-6-2-1-3-7-11)16-17(22)12-8-4-5-9-13(12)18(16)23-19(14)21/h1-2,4-5,8-9,11,15H,3,6-7,21H2. The minimum absolute atomic E-state index is 0.0721. The van der Waals surface area contributed by atoms with Gasteiger partial charge in [0.25, 0.3) is 0 Å². The second kappa shape index (κ2) is 5.43. The fraction of sp³-hybridized carbons (Fsp3) is 0.263. The Bertz CT molecular complexity index is 841. The summed E-state index contributed by atoms with van der Waals surface area (Å²) in [6.07, 6.45) is 7.22. The second-order valence-electron chi connectivity index (χ2n) is 6.13. The lowest BCUT2D eigenvalue weighted by atomic mass is 9.74. The molecule has 2 N–H and O–H groups in total. The molecule has 1 aromatic carbocycles. The van der Waals surface area contributed by atoms with Crippen molar-refractivity contribution >= 4 is 22.5 Å². The summed E-state index contributed by atoms with van der Waals surface area (Å²) >= 11 is 1.38. The van der Waals surface area contributed by atoms with Crippen molar-refractivity contribution in [3.8, 4) is 6.07 Å². The molecule has 1 aromatic rings. The van der Waals surface area contributed by atoms with Gasteiger partial charge < -0.3 is 5.73 Å². The second-order valence-corrected chi connectivity index (χ2v) is 7.18. The lowest BCUT2D eigenvalue weighted by Crippen LogP contribution is -2.26. The van der Waals surface area contributed by atoms with Crippen molar-refractivity contribution in [1.29, 1.82) is 5.26 Å². The first-order valence-corrected chi connectivity index (χ1v) is 8.65. The van der Waals surface area contributed by atoms with Crippen LogP contribution < -0.4 is 5.73 Å². The Balaban J connectivity index is 1.88. The number of benzene rings is 1. The summed E-state index contributed by atoms with van der Waals surface area (Å²) in [7, 11) is 0. The fourth-order valence-corrected chi connectivity index (χ4v) is 4.96. The van der Waals surface area contributed by atoms with Crippen LogP contribution in [-0.4, -0.2) is 5.78 Å². The van der Waals surface area contributed by atoms with Crippen LogP contribution in [0.15, 0.2) is 52.6 Å². The molecule has 0 radical (unpaired) electrons. The molecule has 114 valence electrons. The van der Waals surface area contributed by atoms with Crippen LogP contribution in [0.2, 0.25) is 0 Å². The summed E-state index contributed by atoms with van der Waals surface area (Å²) in [5.74, 6) is 0.182. The van der Waals surface area contributed by atoms with E-state index in [2.05, 4.69) is 18.2 Å². The first-order valence-electron chi connectivity index (χ1n) is 7.83. The van der Waals surface area contributed by atoms with Gasteiger partial charge in [0.1, 0.15) is 0 Å². The summed E-state index contributed by atoms with van der Waals surface area (Å²) < 4.78 is 0. The van der Waals surface area contributed by atoms with Crippen molar-refractivity contribution in [2.45, 2.75) is 19.3 Å². The molecule has 4 heteroatoms. The summed E-state index contributed by atoms with van der Waals surface area (Å²) in [6.45, 7) is 0. The molecule has 0 saturated heterocycles. The smallest absolute Gasteiger partial charge is 0.191 e. The van der Waals surface area contributed by atoms with E-state index in [0.717, 1.165) is 40.9 Å². The maximum Gasteiger partial charge on any atom is 0.191 e. The number of nitriles is 1. The summed E-state index contributed by atoms with van der Waals surface area (Å²) in [6, 6.07) is 9.97. The predicted octanol–water partition coefficient (Wildman–Crippen LogP) is 4.01. The van der Waals surface area contributed by atoms with Crippen LogP contribution in [-0.2, 0) is 0 Å². The van der Waals surface area contributed by atoms with E-state index in [9.17, 15) is 10.1 Å². The first-order chi connectivity index (χ1) is 11.2. The molecule has 0 spiro atoms. The van der Waals surface area contributed by atoms with Crippen molar-refractivity contribution < 1.29 is 4.79 Å². The molecule has 0 bridgehead atoms. The highest BCUT2D eigenvalue weighted by molar-refractivity contribution is 8.11. The lowest BCUT2D eigenvalue weighted by molar-refractivity contribution is 0.102. The molecule has 1 aliphatic heterocycles. The van der Waals surface area contributed by atoms with Gasteiger partial charge in [0.15, 0.2) is 5.78 Å². The van der Waals surface area contributed by atoms with Crippen LogP contribution in [0, 0.1) is 23.2 Å². The Morgan fingerprint density at radius 2 is 2.00 bits per heavy atom. The Hall–Kier alpha value is -2.25. The number of rotatable bonds is 1. The quantitative estimate of drug-likeness (QED) is 0.794. The molecule has 2 aliphatic carbocycles. The zero-order valence-electron chi connectivity index (χ0n) is 12.6. The van der Waals surface area contributed by atoms with Crippen LogP contribution in [0.4, 0.5) is 0 Å². The van der Waals surface area contributed by atoms with Crippen LogP contribution in [0.1, 0.15) is 35.2 Å². The molecular weight excluding hydrogens is 304 g/mol. The van der Waals surface area contributed by atoms with Gasteiger partial charge in [-0.05, 0) is 25.2 Å². The zero-order valence-corrected chi connectivity index (χ0v) is 13.4. The normalized spacial score (nSPS) is 26.1. The third kappa shape index (κ3) is 2.08. The van der Waals surface area contributed by atoms with Crippen LogP contribution in [0.25, 0.3) is 4.91 Å². The number of fused-ring (bicyclic) bond motifs is 2. The average molecular weight is 320 g/mol. The van der Waals surface area contributed by atoms with Gasteiger partial charge in [0, 0.05) is 27.5 Å². The number of Topliss-reactive ketones (excluding diaryl/α,β-unsaturated/α-hetero) is 1. The number of thioether (sulfide) groups is 1. The van der Waals surface area contributed by atoms with Gasteiger partial charge in [-0.2, -0.15) is 5.26 Å². The molecule has 2 unspecified atom stereocenters. The number of hydrogen-bond donors (Lipinski definition) is 1. The molecule has 1 heterocycles. The molecule has 23 heavy (non-hydrogen) atoms. The number of carbonyl (C=O) groups excluding carboxylic acids is 1. The molecule has 0 aromatic heterocycles. The van der Waals surface area contributed by atoms with Crippen molar-refractivity contribution in [3.05, 3.63) is 63.7 Å². The number of carbonyl (C=O) groups is 1. The van der Waals surface area contributed by atoms with E-state index < -0.39 is 0 Å². The Kier molecular flexibility index (Phi) is 3.39. The van der Waals surface area contributed by atoms with Crippen molar-refractivity contribution in [3.63, 3.8) is 0 Å². The van der Waals surface area contributed by atoms with E-state index in [1.807, 2.05) is 24.3 Å². The maximum atomic E-state index is 13.0. The van der Waals surface area contributed by atoms with Gasteiger partial charge in [-0.1, -0.05) is 48.2 Å². The van der Waals surface area contributed by atoms with E-state index in [-0.39, 0.29) is 17.6 Å². The number of ketones is 1.